The van der Waals surface area contributed by atoms with Crippen LogP contribution in [0.15, 0.2) is 52.0 Å². The molecule has 6 nitrogen and oxygen atoms in total. The van der Waals surface area contributed by atoms with Crippen LogP contribution in [0.5, 0.6) is 11.5 Å². The number of nitrogens with zero attached hydrogens (tertiary/aromatic N) is 1. The van der Waals surface area contributed by atoms with Crippen LogP contribution in [-0.4, -0.2) is 25.5 Å². The Bertz CT molecular complexity index is 763. The van der Waals surface area contributed by atoms with Crippen LogP contribution in [0.1, 0.15) is 18.4 Å². The van der Waals surface area contributed by atoms with E-state index >= 15 is 0 Å². The number of fused-ring (bicyclic) bond motifs is 1. The van der Waals surface area contributed by atoms with E-state index < -0.39 is 0 Å². The van der Waals surface area contributed by atoms with E-state index in [1.165, 1.54) is 0 Å². The second-order valence-electron chi connectivity index (χ2n) is 5.44. The minimum absolute atomic E-state index is 0.116. The molecule has 2 N–H and O–H groups in total. The first-order valence-corrected chi connectivity index (χ1v) is 8.71. The number of hydrogen-bond acceptors (Lipinski definition) is 5. The fourth-order valence-corrected chi connectivity index (χ4v) is 2.54. The standard InChI is InChI=1S/C18H18BrN3O3/c19-14-4-6-15(7-5-14)20-9-1-2-18(23)22-21-11-13-3-8-16-17(10-13)25-12-24-16/h3-8,10-11,20H,1-2,9,12H2,(H,22,23). The minimum atomic E-state index is -0.116. The molecule has 25 heavy (non-hydrogen) atoms. The van der Waals surface area contributed by atoms with Crippen molar-refractivity contribution in [2.24, 2.45) is 5.10 Å². The number of nitrogens with one attached hydrogen (secondary N) is 2. The van der Waals surface area contributed by atoms with Crippen molar-refractivity contribution in [3.8, 4) is 11.5 Å². The third-order valence-corrected chi connectivity index (χ3v) is 4.08. The Kier molecular flexibility index (Phi) is 5.90. The smallest absolute Gasteiger partial charge is 0.240 e. The molecule has 0 spiro atoms. The summed E-state index contributed by atoms with van der Waals surface area (Å²) in [5.74, 6) is 1.29. The SMILES string of the molecule is O=C(CCCNc1ccc(Br)cc1)NN=Cc1ccc2c(c1)OCO2. The second kappa shape index (κ2) is 8.53. The van der Waals surface area contributed by atoms with Gasteiger partial charge in [-0.1, -0.05) is 15.9 Å². The Morgan fingerprint density at radius 2 is 1.96 bits per heavy atom. The van der Waals surface area contributed by atoms with Gasteiger partial charge in [0, 0.05) is 23.1 Å². The van der Waals surface area contributed by atoms with E-state index in [4.69, 9.17) is 9.47 Å². The summed E-state index contributed by atoms with van der Waals surface area (Å²) in [5.41, 5.74) is 4.40. The first-order valence-electron chi connectivity index (χ1n) is 7.92. The molecule has 0 aliphatic carbocycles. The zero-order valence-electron chi connectivity index (χ0n) is 13.5. The highest BCUT2D eigenvalue weighted by atomic mass is 79.9. The predicted molar refractivity (Wildman–Crippen MR) is 100 cm³/mol. The summed E-state index contributed by atoms with van der Waals surface area (Å²) in [5, 5.41) is 7.24. The third-order valence-electron chi connectivity index (χ3n) is 3.55. The summed E-state index contributed by atoms with van der Waals surface area (Å²) < 4.78 is 11.6. The van der Waals surface area contributed by atoms with Crippen LogP contribution in [0.4, 0.5) is 5.69 Å². The lowest BCUT2D eigenvalue weighted by Crippen LogP contribution is -2.18. The van der Waals surface area contributed by atoms with Gasteiger partial charge in [-0.15, -0.1) is 0 Å². The summed E-state index contributed by atoms with van der Waals surface area (Å²) in [6.45, 7) is 0.960. The fraction of sp³-hybridized carbons (Fsp3) is 0.222. The molecule has 1 heterocycles. The molecule has 2 aromatic rings. The second-order valence-corrected chi connectivity index (χ2v) is 6.36. The molecule has 1 aliphatic heterocycles. The fourth-order valence-electron chi connectivity index (χ4n) is 2.28. The van der Waals surface area contributed by atoms with Crippen molar-refractivity contribution in [3.05, 3.63) is 52.5 Å². The number of hydrogen-bond donors (Lipinski definition) is 2. The van der Waals surface area contributed by atoms with Gasteiger partial charge in [-0.2, -0.15) is 5.10 Å². The van der Waals surface area contributed by atoms with Crippen LogP contribution in [-0.2, 0) is 4.79 Å². The maximum absolute atomic E-state index is 11.8. The van der Waals surface area contributed by atoms with E-state index in [2.05, 4.69) is 31.8 Å². The number of amides is 1. The number of rotatable bonds is 7. The highest BCUT2D eigenvalue weighted by molar-refractivity contribution is 9.10. The first kappa shape index (κ1) is 17.3. The molecular formula is C18H18BrN3O3. The zero-order valence-corrected chi connectivity index (χ0v) is 15.1. The molecule has 0 saturated carbocycles. The Morgan fingerprint density at radius 3 is 2.80 bits per heavy atom. The first-order chi connectivity index (χ1) is 12.2. The Hall–Kier alpha value is -2.54. The van der Waals surface area contributed by atoms with Crippen LogP contribution in [0.3, 0.4) is 0 Å². The lowest BCUT2D eigenvalue weighted by Gasteiger charge is -2.05. The average Bonchev–Trinajstić information content (AvgIpc) is 3.08. The number of ether oxygens (including phenoxy) is 2. The van der Waals surface area contributed by atoms with Crippen molar-refractivity contribution in [2.45, 2.75) is 12.8 Å². The quantitative estimate of drug-likeness (QED) is 0.421. The number of hydrazone groups is 1. The number of anilines is 1. The molecule has 0 unspecified atom stereocenters. The van der Waals surface area contributed by atoms with E-state index in [1.807, 2.05) is 42.5 Å². The third kappa shape index (κ3) is 5.22. The molecule has 0 saturated heterocycles. The maximum Gasteiger partial charge on any atom is 0.240 e. The number of benzene rings is 2. The van der Waals surface area contributed by atoms with Gasteiger partial charge < -0.3 is 14.8 Å². The van der Waals surface area contributed by atoms with Crippen LogP contribution in [0.25, 0.3) is 0 Å². The maximum atomic E-state index is 11.8. The zero-order chi connectivity index (χ0) is 17.5. The predicted octanol–water partition coefficient (Wildman–Crippen LogP) is 3.52. The lowest BCUT2D eigenvalue weighted by molar-refractivity contribution is -0.121. The normalized spacial score (nSPS) is 12.4. The topological polar surface area (TPSA) is 72.0 Å². The molecule has 130 valence electrons. The van der Waals surface area contributed by atoms with E-state index in [0.29, 0.717) is 12.2 Å². The van der Waals surface area contributed by atoms with Gasteiger partial charge in [-0.25, -0.2) is 5.43 Å². The summed E-state index contributed by atoms with van der Waals surface area (Å²) in [6.07, 6.45) is 2.71. The summed E-state index contributed by atoms with van der Waals surface area (Å²) >= 11 is 3.39. The van der Waals surface area contributed by atoms with Crippen LogP contribution < -0.4 is 20.2 Å². The van der Waals surface area contributed by atoms with Crippen molar-refractivity contribution < 1.29 is 14.3 Å². The number of halogens is 1. The van der Waals surface area contributed by atoms with E-state index in [1.54, 1.807) is 6.21 Å². The van der Waals surface area contributed by atoms with Gasteiger partial charge in [0.25, 0.3) is 0 Å². The van der Waals surface area contributed by atoms with Crippen molar-refractivity contribution in [2.75, 3.05) is 18.7 Å². The number of carbonyl (C=O) groups excluding carboxylic acids is 1. The minimum Gasteiger partial charge on any atom is -0.454 e. The van der Waals surface area contributed by atoms with E-state index in [0.717, 1.165) is 34.4 Å². The molecule has 0 atom stereocenters. The van der Waals surface area contributed by atoms with E-state index in [9.17, 15) is 4.79 Å². The molecule has 7 heteroatoms. The van der Waals surface area contributed by atoms with E-state index in [-0.39, 0.29) is 12.7 Å². The summed E-state index contributed by atoms with van der Waals surface area (Å²) in [6, 6.07) is 13.4. The van der Waals surface area contributed by atoms with Gasteiger partial charge in [0.2, 0.25) is 12.7 Å². The van der Waals surface area contributed by atoms with Gasteiger partial charge in [-0.05, 0) is 54.4 Å². The van der Waals surface area contributed by atoms with Crippen molar-refractivity contribution in [1.29, 1.82) is 0 Å². The molecule has 0 bridgehead atoms. The highest BCUT2D eigenvalue weighted by Crippen LogP contribution is 2.31. The average molecular weight is 404 g/mol. The van der Waals surface area contributed by atoms with Gasteiger partial charge in [0.15, 0.2) is 11.5 Å². The highest BCUT2D eigenvalue weighted by Gasteiger charge is 2.12. The molecule has 0 radical (unpaired) electrons. The number of carbonyl (C=O) groups is 1. The van der Waals surface area contributed by atoms with Crippen LogP contribution in [0, 0.1) is 0 Å². The molecule has 0 aromatic heterocycles. The molecule has 0 fully saturated rings. The van der Waals surface area contributed by atoms with Gasteiger partial charge in [0.1, 0.15) is 0 Å². The molecule has 2 aromatic carbocycles. The largest absolute Gasteiger partial charge is 0.454 e. The van der Waals surface area contributed by atoms with Crippen LogP contribution >= 0.6 is 15.9 Å². The molecular weight excluding hydrogens is 386 g/mol. The summed E-state index contributed by atoms with van der Waals surface area (Å²) in [4.78, 5) is 11.8. The molecule has 3 rings (SSSR count). The van der Waals surface area contributed by atoms with Crippen molar-refractivity contribution >= 4 is 33.7 Å². The Labute approximate surface area is 154 Å². The lowest BCUT2D eigenvalue weighted by atomic mass is 10.2. The summed E-state index contributed by atoms with van der Waals surface area (Å²) in [7, 11) is 0. The van der Waals surface area contributed by atoms with Crippen molar-refractivity contribution in [3.63, 3.8) is 0 Å². The Balaban J connectivity index is 1.35. The molecule has 1 amide bonds. The molecule has 1 aliphatic rings. The van der Waals surface area contributed by atoms with Gasteiger partial charge in [0.05, 0.1) is 6.21 Å². The monoisotopic (exact) mass is 403 g/mol. The van der Waals surface area contributed by atoms with Crippen LogP contribution in [0.2, 0.25) is 0 Å². The van der Waals surface area contributed by atoms with Gasteiger partial charge in [-0.3, -0.25) is 4.79 Å². The Morgan fingerprint density at radius 1 is 1.16 bits per heavy atom. The van der Waals surface area contributed by atoms with Gasteiger partial charge >= 0.3 is 0 Å². The van der Waals surface area contributed by atoms with Crippen molar-refractivity contribution in [1.82, 2.24) is 5.43 Å².